The smallest absolute Gasteiger partial charge is 0.204 e. The molecule has 0 unspecified atom stereocenters. The summed E-state index contributed by atoms with van der Waals surface area (Å²) in [7, 11) is 0. The first-order chi connectivity index (χ1) is 9.38. The zero-order valence-electron chi connectivity index (χ0n) is 10.3. The molecule has 0 saturated heterocycles. The van der Waals surface area contributed by atoms with Crippen molar-refractivity contribution in [2.75, 3.05) is 0 Å². The lowest BCUT2D eigenvalue weighted by Gasteiger charge is -2.04. The minimum absolute atomic E-state index is 0.920. The summed E-state index contributed by atoms with van der Waals surface area (Å²) < 4.78 is 8.06. The van der Waals surface area contributed by atoms with Gasteiger partial charge in [0.25, 0.3) is 0 Å². The van der Waals surface area contributed by atoms with E-state index in [1.54, 1.807) is 0 Å². The van der Waals surface area contributed by atoms with E-state index in [2.05, 4.69) is 59.3 Å². The molecule has 1 aliphatic carbocycles. The van der Waals surface area contributed by atoms with Crippen LogP contribution in [0.25, 0.3) is 27.9 Å². The van der Waals surface area contributed by atoms with Crippen LogP contribution >= 0.6 is 0 Å². The molecule has 19 heavy (non-hydrogen) atoms. The van der Waals surface area contributed by atoms with Crippen molar-refractivity contribution >= 4 is 27.9 Å². The highest BCUT2D eigenvalue weighted by Crippen LogP contribution is 2.40. The third-order valence-corrected chi connectivity index (χ3v) is 3.91. The van der Waals surface area contributed by atoms with Gasteiger partial charge in [0, 0.05) is 24.1 Å². The molecule has 2 aromatic carbocycles. The average molecular weight is 245 g/mol. The Morgan fingerprint density at radius 1 is 0.947 bits per heavy atom. The molecule has 0 atom stereocenters. The number of hydrogen-bond donors (Lipinski definition) is 0. The van der Waals surface area contributed by atoms with Crippen LogP contribution in [0.1, 0.15) is 6.42 Å². The highest BCUT2D eigenvalue weighted by Gasteiger charge is 2.25. The molecule has 1 aromatic heterocycles. The Bertz CT molecular complexity index is 912. The van der Waals surface area contributed by atoms with E-state index < -0.39 is 0 Å². The summed E-state index contributed by atoms with van der Waals surface area (Å²) in [5.74, 6) is 2.03. The summed E-state index contributed by atoms with van der Waals surface area (Å²) in [6.45, 7) is 0. The summed E-state index contributed by atoms with van der Waals surface area (Å²) in [4.78, 5) is 0. The number of benzene rings is 2. The van der Waals surface area contributed by atoms with Crippen molar-refractivity contribution < 1.29 is 4.74 Å². The van der Waals surface area contributed by atoms with Crippen LogP contribution in [0.4, 0.5) is 0 Å². The van der Waals surface area contributed by atoms with Crippen LogP contribution in [-0.4, -0.2) is 4.57 Å². The normalized spacial score (nSPS) is 16.2. The van der Waals surface area contributed by atoms with Crippen LogP contribution < -0.4 is 4.74 Å². The van der Waals surface area contributed by atoms with Crippen molar-refractivity contribution in [3.63, 3.8) is 0 Å². The molecule has 0 radical (unpaired) electrons. The summed E-state index contributed by atoms with van der Waals surface area (Å²) in [5, 5.41) is 3.76. The van der Waals surface area contributed by atoms with Gasteiger partial charge in [0.05, 0.1) is 5.52 Å². The van der Waals surface area contributed by atoms with Gasteiger partial charge in [-0.25, -0.2) is 0 Å². The largest absolute Gasteiger partial charge is 0.444 e. The maximum Gasteiger partial charge on any atom is 0.204 e. The molecule has 3 aromatic rings. The van der Waals surface area contributed by atoms with Gasteiger partial charge >= 0.3 is 0 Å². The molecule has 0 fully saturated rings. The lowest BCUT2D eigenvalue weighted by molar-refractivity contribution is 0.426. The zero-order valence-corrected chi connectivity index (χ0v) is 10.3. The monoisotopic (exact) mass is 245 g/mol. The SMILES string of the molecule is C1=Cn2c(cc3cc4ccccc4cc32)OC2=C1C2. The summed E-state index contributed by atoms with van der Waals surface area (Å²) in [5.41, 5.74) is 2.52. The molecule has 1 aliphatic heterocycles. The van der Waals surface area contributed by atoms with Crippen molar-refractivity contribution in [3.8, 4) is 5.88 Å². The summed E-state index contributed by atoms with van der Waals surface area (Å²) in [6, 6.07) is 15.0. The van der Waals surface area contributed by atoms with Crippen LogP contribution in [-0.2, 0) is 0 Å². The maximum absolute atomic E-state index is 5.92. The second-order valence-corrected chi connectivity index (χ2v) is 5.15. The van der Waals surface area contributed by atoms with Crippen molar-refractivity contribution in [2.24, 2.45) is 0 Å². The van der Waals surface area contributed by atoms with Crippen LogP contribution in [0.5, 0.6) is 5.88 Å². The molecular weight excluding hydrogens is 234 g/mol. The number of aromatic nitrogens is 1. The highest BCUT2D eigenvalue weighted by molar-refractivity contribution is 5.98. The minimum Gasteiger partial charge on any atom is -0.444 e. The minimum atomic E-state index is 0.920. The van der Waals surface area contributed by atoms with Gasteiger partial charge in [0.2, 0.25) is 5.88 Å². The van der Waals surface area contributed by atoms with Gasteiger partial charge in [-0.05, 0) is 34.6 Å². The van der Waals surface area contributed by atoms with Crippen LogP contribution in [0.3, 0.4) is 0 Å². The van der Waals surface area contributed by atoms with Crippen molar-refractivity contribution in [2.45, 2.75) is 6.42 Å². The van der Waals surface area contributed by atoms with Crippen LogP contribution in [0.2, 0.25) is 0 Å². The van der Waals surface area contributed by atoms with E-state index in [0.717, 1.165) is 18.1 Å². The van der Waals surface area contributed by atoms with E-state index >= 15 is 0 Å². The molecule has 0 amide bonds. The van der Waals surface area contributed by atoms with E-state index in [4.69, 9.17) is 4.74 Å². The highest BCUT2D eigenvalue weighted by atomic mass is 16.5. The number of rotatable bonds is 0. The second-order valence-electron chi connectivity index (χ2n) is 5.15. The lowest BCUT2D eigenvalue weighted by Crippen LogP contribution is -1.91. The predicted octanol–water partition coefficient (Wildman–Crippen LogP) is 4.32. The fraction of sp³-hybridized carbons (Fsp3) is 0.0588. The first kappa shape index (κ1) is 9.45. The van der Waals surface area contributed by atoms with E-state index in [9.17, 15) is 0 Å². The quantitative estimate of drug-likeness (QED) is 0.575. The van der Waals surface area contributed by atoms with E-state index in [-0.39, 0.29) is 0 Å². The fourth-order valence-electron chi connectivity index (χ4n) is 2.80. The number of allylic oxidation sites excluding steroid dienone is 3. The van der Waals surface area contributed by atoms with Gasteiger partial charge in [-0.1, -0.05) is 24.3 Å². The molecule has 0 bridgehead atoms. The van der Waals surface area contributed by atoms with Crippen LogP contribution in [0.15, 0.2) is 59.9 Å². The maximum atomic E-state index is 5.92. The average Bonchev–Trinajstić information content (AvgIpc) is 3.10. The van der Waals surface area contributed by atoms with E-state index in [1.165, 1.54) is 27.2 Å². The third-order valence-electron chi connectivity index (χ3n) is 3.91. The first-order valence-corrected chi connectivity index (χ1v) is 6.50. The predicted molar refractivity (Wildman–Crippen MR) is 77.0 cm³/mol. The fourth-order valence-corrected chi connectivity index (χ4v) is 2.80. The van der Waals surface area contributed by atoms with Gasteiger partial charge in [-0.15, -0.1) is 0 Å². The molecule has 2 aliphatic rings. The number of hydrogen-bond acceptors (Lipinski definition) is 1. The van der Waals surface area contributed by atoms with Gasteiger partial charge in [0.1, 0.15) is 5.76 Å². The lowest BCUT2D eigenvalue weighted by atomic mass is 10.1. The molecule has 0 saturated carbocycles. The zero-order chi connectivity index (χ0) is 12.4. The number of nitrogens with zero attached hydrogens (tertiary/aromatic N) is 1. The Morgan fingerprint density at radius 2 is 1.79 bits per heavy atom. The Morgan fingerprint density at radius 3 is 2.68 bits per heavy atom. The van der Waals surface area contributed by atoms with Gasteiger partial charge in [0.15, 0.2) is 0 Å². The second kappa shape index (κ2) is 3.09. The molecular formula is C17H11NO. The third kappa shape index (κ3) is 1.26. The van der Waals surface area contributed by atoms with E-state index in [0.29, 0.717) is 0 Å². The topological polar surface area (TPSA) is 14.2 Å². The van der Waals surface area contributed by atoms with Crippen molar-refractivity contribution in [3.05, 3.63) is 59.9 Å². The van der Waals surface area contributed by atoms with Crippen LogP contribution in [0, 0.1) is 0 Å². The Labute approximate surface area is 110 Å². The molecule has 2 heteroatoms. The van der Waals surface area contributed by atoms with Crippen molar-refractivity contribution in [1.82, 2.24) is 4.57 Å². The Hall–Kier alpha value is -2.48. The molecule has 0 spiro atoms. The number of ether oxygens (including phenoxy) is 1. The number of fused-ring (bicyclic) bond motifs is 4. The Kier molecular flexibility index (Phi) is 1.54. The summed E-state index contributed by atoms with van der Waals surface area (Å²) >= 11 is 0. The molecule has 2 nitrogen and oxygen atoms in total. The molecule has 2 heterocycles. The van der Waals surface area contributed by atoms with Gasteiger partial charge in [-0.2, -0.15) is 0 Å². The Balaban J connectivity index is 1.87. The summed E-state index contributed by atoms with van der Waals surface area (Å²) in [6.07, 6.45) is 5.27. The molecule has 5 rings (SSSR count). The van der Waals surface area contributed by atoms with Gasteiger partial charge < -0.3 is 4.74 Å². The molecule has 0 N–H and O–H groups in total. The van der Waals surface area contributed by atoms with Crippen molar-refractivity contribution in [1.29, 1.82) is 0 Å². The van der Waals surface area contributed by atoms with E-state index in [1.807, 2.05) is 0 Å². The standard InChI is InChI=1S/C17H11NO/c1-2-4-12-8-15-14(7-11(12)3-1)10-17-18(15)6-5-13-9-16(13)19-17/h1-8,10H,9H2. The first-order valence-electron chi connectivity index (χ1n) is 6.50. The van der Waals surface area contributed by atoms with Gasteiger partial charge in [-0.3, -0.25) is 4.57 Å². The molecule has 90 valence electrons.